The van der Waals surface area contributed by atoms with E-state index in [1.807, 2.05) is 13.0 Å². The number of nitrogens with zero attached hydrogens (tertiary/aromatic N) is 1. The second-order valence-electron chi connectivity index (χ2n) is 4.77. The van der Waals surface area contributed by atoms with E-state index in [0.717, 1.165) is 17.3 Å². The number of ether oxygens (including phenoxy) is 3. The van der Waals surface area contributed by atoms with Gasteiger partial charge in [-0.25, -0.2) is 0 Å². The third kappa shape index (κ3) is 6.78. The molecule has 0 aliphatic rings. The molecule has 6 nitrogen and oxygen atoms in total. The molecule has 0 aliphatic carbocycles. The molecular formula is C16H27N3O3. The molecule has 0 heterocycles. The van der Waals surface area contributed by atoms with Gasteiger partial charge in [-0.3, -0.25) is 4.99 Å². The fourth-order valence-corrected chi connectivity index (χ4v) is 1.88. The van der Waals surface area contributed by atoms with Crippen molar-refractivity contribution in [2.75, 3.05) is 47.6 Å². The highest BCUT2D eigenvalue weighted by molar-refractivity contribution is 5.79. The van der Waals surface area contributed by atoms with Crippen LogP contribution in [-0.4, -0.2) is 53.6 Å². The van der Waals surface area contributed by atoms with Crippen LogP contribution in [0.15, 0.2) is 23.2 Å². The van der Waals surface area contributed by atoms with Gasteiger partial charge in [0.25, 0.3) is 0 Å². The Morgan fingerprint density at radius 2 is 1.95 bits per heavy atom. The molecule has 0 amide bonds. The molecule has 1 aromatic carbocycles. The highest BCUT2D eigenvalue weighted by Crippen LogP contribution is 2.19. The van der Waals surface area contributed by atoms with Gasteiger partial charge in [0.2, 0.25) is 0 Å². The summed E-state index contributed by atoms with van der Waals surface area (Å²) in [5.74, 6) is 1.61. The van der Waals surface area contributed by atoms with Gasteiger partial charge in [0.05, 0.1) is 26.9 Å². The quantitative estimate of drug-likeness (QED) is 0.409. The molecule has 0 spiro atoms. The van der Waals surface area contributed by atoms with Crippen molar-refractivity contribution in [3.63, 3.8) is 0 Å². The maximum Gasteiger partial charge on any atom is 0.191 e. The molecule has 1 rings (SSSR count). The van der Waals surface area contributed by atoms with Crippen LogP contribution in [0.5, 0.6) is 5.75 Å². The lowest BCUT2D eigenvalue weighted by atomic mass is 10.1. The second kappa shape index (κ2) is 10.9. The van der Waals surface area contributed by atoms with Crippen molar-refractivity contribution >= 4 is 5.96 Å². The molecule has 124 valence electrons. The molecule has 0 bridgehead atoms. The first-order valence-corrected chi connectivity index (χ1v) is 7.36. The molecule has 1 aromatic rings. The molecule has 0 atom stereocenters. The number of aryl methyl sites for hydroxylation is 1. The maximum absolute atomic E-state index is 5.40. The summed E-state index contributed by atoms with van der Waals surface area (Å²) in [5.41, 5.74) is 2.27. The Labute approximate surface area is 132 Å². The molecule has 0 fully saturated rings. The number of benzene rings is 1. The molecule has 0 radical (unpaired) electrons. The van der Waals surface area contributed by atoms with Gasteiger partial charge in [-0.2, -0.15) is 0 Å². The van der Waals surface area contributed by atoms with Crippen molar-refractivity contribution in [2.45, 2.75) is 13.5 Å². The Kier molecular flexibility index (Phi) is 9.02. The minimum atomic E-state index is 0.602. The van der Waals surface area contributed by atoms with Crippen LogP contribution in [0.3, 0.4) is 0 Å². The van der Waals surface area contributed by atoms with Crippen LogP contribution < -0.4 is 15.4 Å². The van der Waals surface area contributed by atoms with E-state index in [0.29, 0.717) is 32.9 Å². The Balaban J connectivity index is 2.35. The summed E-state index contributed by atoms with van der Waals surface area (Å²) in [6.45, 7) is 5.20. The first kappa shape index (κ1) is 18.3. The predicted octanol–water partition coefficient (Wildman–Crippen LogP) is 1.33. The fraction of sp³-hybridized carbons (Fsp3) is 0.562. The monoisotopic (exact) mass is 309 g/mol. The predicted molar refractivity (Wildman–Crippen MR) is 88.6 cm³/mol. The summed E-state index contributed by atoms with van der Waals surface area (Å²) in [5, 5.41) is 6.46. The zero-order chi connectivity index (χ0) is 16.2. The minimum absolute atomic E-state index is 0.602. The van der Waals surface area contributed by atoms with E-state index in [2.05, 4.69) is 27.8 Å². The Bertz CT molecular complexity index is 464. The summed E-state index contributed by atoms with van der Waals surface area (Å²) in [6, 6.07) is 6.15. The molecule has 2 N–H and O–H groups in total. The van der Waals surface area contributed by atoms with Gasteiger partial charge in [-0.15, -0.1) is 0 Å². The van der Waals surface area contributed by atoms with Crippen LogP contribution in [0, 0.1) is 6.92 Å². The van der Waals surface area contributed by atoms with Gasteiger partial charge in [-0.1, -0.05) is 12.1 Å². The number of methoxy groups -OCH3 is 2. The molecule has 6 heteroatoms. The molecule has 22 heavy (non-hydrogen) atoms. The van der Waals surface area contributed by atoms with E-state index in [1.165, 1.54) is 5.56 Å². The van der Waals surface area contributed by atoms with Gasteiger partial charge in [0.15, 0.2) is 5.96 Å². The first-order chi connectivity index (χ1) is 10.7. The smallest absolute Gasteiger partial charge is 0.191 e. The number of aliphatic imine (C=N–C) groups is 1. The van der Waals surface area contributed by atoms with Gasteiger partial charge in [-0.05, 0) is 18.6 Å². The van der Waals surface area contributed by atoms with Crippen LogP contribution in [0.1, 0.15) is 11.1 Å². The lowest BCUT2D eigenvalue weighted by molar-refractivity contribution is 0.0733. The van der Waals surface area contributed by atoms with E-state index < -0.39 is 0 Å². The number of nitrogens with one attached hydrogen (secondary N) is 2. The summed E-state index contributed by atoms with van der Waals surface area (Å²) >= 11 is 0. The lowest BCUT2D eigenvalue weighted by Crippen LogP contribution is -2.38. The number of rotatable bonds is 9. The van der Waals surface area contributed by atoms with Gasteiger partial charge < -0.3 is 24.8 Å². The highest BCUT2D eigenvalue weighted by atomic mass is 16.5. The van der Waals surface area contributed by atoms with E-state index in [-0.39, 0.29) is 0 Å². The van der Waals surface area contributed by atoms with Crippen molar-refractivity contribution < 1.29 is 14.2 Å². The molecule has 0 aromatic heterocycles. The average molecular weight is 309 g/mol. The third-order valence-electron chi connectivity index (χ3n) is 3.08. The summed E-state index contributed by atoms with van der Waals surface area (Å²) in [6.07, 6.45) is 0. The lowest BCUT2D eigenvalue weighted by Gasteiger charge is -2.14. The zero-order valence-corrected chi connectivity index (χ0v) is 13.9. The van der Waals surface area contributed by atoms with E-state index in [9.17, 15) is 0 Å². The van der Waals surface area contributed by atoms with Crippen LogP contribution >= 0.6 is 0 Å². The Morgan fingerprint density at radius 3 is 2.64 bits per heavy atom. The summed E-state index contributed by atoms with van der Waals surface area (Å²) in [7, 11) is 5.09. The second-order valence-corrected chi connectivity index (χ2v) is 4.77. The van der Waals surface area contributed by atoms with Crippen molar-refractivity contribution in [1.29, 1.82) is 0 Å². The molecule has 0 saturated carbocycles. The standard InChI is InChI=1S/C16H27N3O3/c1-13-5-6-14(15(11-13)21-4)12-19-16(17-2)18-7-8-22-10-9-20-3/h5-6,11H,7-10,12H2,1-4H3,(H2,17,18,19). The third-order valence-corrected chi connectivity index (χ3v) is 3.08. The number of hydrogen-bond donors (Lipinski definition) is 2. The Hall–Kier alpha value is -1.79. The van der Waals surface area contributed by atoms with Gasteiger partial charge in [0, 0.05) is 32.8 Å². The fourth-order valence-electron chi connectivity index (χ4n) is 1.88. The molecule has 0 unspecified atom stereocenters. The Morgan fingerprint density at radius 1 is 1.14 bits per heavy atom. The largest absolute Gasteiger partial charge is 0.496 e. The topological polar surface area (TPSA) is 64.1 Å². The normalized spacial score (nSPS) is 11.4. The van der Waals surface area contributed by atoms with Crippen molar-refractivity contribution in [2.24, 2.45) is 4.99 Å². The summed E-state index contributed by atoms with van der Waals surface area (Å²) < 4.78 is 15.7. The van der Waals surface area contributed by atoms with Crippen molar-refractivity contribution in [3.8, 4) is 5.75 Å². The molecule has 0 aliphatic heterocycles. The van der Waals surface area contributed by atoms with Crippen molar-refractivity contribution in [1.82, 2.24) is 10.6 Å². The van der Waals surface area contributed by atoms with Crippen molar-refractivity contribution in [3.05, 3.63) is 29.3 Å². The zero-order valence-electron chi connectivity index (χ0n) is 13.9. The minimum Gasteiger partial charge on any atom is -0.496 e. The van der Waals surface area contributed by atoms with Gasteiger partial charge in [0.1, 0.15) is 5.75 Å². The molecular weight excluding hydrogens is 282 g/mol. The van der Waals surface area contributed by atoms with Crippen LogP contribution in [0.2, 0.25) is 0 Å². The maximum atomic E-state index is 5.40. The average Bonchev–Trinajstić information content (AvgIpc) is 2.54. The first-order valence-electron chi connectivity index (χ1n) is 7.36. The van der Waals surface area contributed by atoms with Crippen LogP contribution in [0.4, 0.5) is 0 Å². The highest BCUT2D eigenvalue weighted by Gasteiger charge is 2.04. The number of hydrogen-bond acceptors (Lipinski definition) is 4. The molecule has 0 saturated heterocycles. The number of guanidine groups is 1. The van der Waals surface area contributed by atoms with Gasteiger partial charge >= 0.3 is 0 Å². The van der Waals surface area contributed by atoms with Crippen LogP contribution in [0.25, 0.3) is 0 Å². The van der Waals surface area contributed by atoms with E-state index in [1.54, 1.807) is 21.3 Å². The SMILES string of the molecule is CN=C(NCCOCCOC)NCc1ccc(C)cc1OC. The van der Waals surface area contributed by atoms with E-state index in [4.69, 9.17) is 14.2 Å². The van der Waals surface area contributed by atoms with Crippen LogP contribution in [-0.2, 0) is 16.0 Å². The summed E-state index contributed by atoms with van der Waals surface area (Å²) in [4.78, 5) is 4.18. The van der Waals surface area contributed by atoms with E-state index >= 15 is 0 Å².